The number of hydrogen-bond acceptors (Lipinski definition) is 4. The second-order valence-electron chi connectivity index (χ2n) is 3.26. The summed E-state index contributed by atoms with van der Waals surface area (Å²) < 4.78 is -0.614. The Kier molecular flexibility index (Phi) is 9.86. The van der Waals surface area contributed by atoms with Crippen molar-refractivity contribution in [1.82, 2.24) is 5.32 Å². The van der Waals surface area contributed by atoms with Crippen LogP contribution in [0.2, 0.25) is 0 Å². The fourth-order valence-electron chi connectivity index (χ4n) is 0.610. The van der Waals surface area contributed by atoms with Gasteiger partial charge in [-0.15, -0.1) is 11.8 Å². The molecule has 0 aliphatic heterocycles. The first-order chi connectivity index (χ1) is 7.35. The van der Waals surface area contributed by atoms with Gasteiger partial charge in [0.25, 0.3) is 0 Å². The molecule has 1 amide bonds. The fraction of sp³-hybridized carbons (Fsp3) is 0.800. The number of thioether (sulfide) groups is 1. The van der Waals surface area contributed by atoms with Gasteiger partial charge in [-0.1, -0.05) is 13.8 Å². The van der Waals surface area contributed by atoms with Crippen LogP contribution in [0.3, 0.4) is 0 Å². The van der Waals surface area contributed by atoms with Gasteiger partial charge in [0.05, 0.1) is 4.75 Å². The fourth-order valence-corrected chi connectivity index (χ4v) is 1.10. The van der Waals surface area contributed by atoms with Crippen LogP contribution in [-0.4, -0.2) is 39.8 Å². The summed E-state index contributed by atoms with van der Waals surface area (Å²) in [5, 5.41) is 11.1. The maximum Gasteiger partial charge on any atom is 0.327 e. The average Bonchev–Trinajstić information content (AvgIpc) is 2.27. The number of carbonyl (C=O) groups is 2. The Morgan fingerprint density at radius 3 is 2.12 bits per heavy atom. The van der Waals surface area contributed by atoms with Crippen LogP contribution in [0.4, 0.5) is 0 Å². The standard InChI is InChI=1S/C8H15NO3S2.C2H6/c1-8(2,14-3)7(12)9-5(4-13)6(10)11;1-2/h5,13H,4H2,1-3H3,(H,9,12)(H,10,11);1-2H3. The highest BCUT2D eigenvalue weighted by Gasteiger charge is 2.29. The smallest absolute Gasteiger partial charge is 0.327 e. The van der Waals surface area contributed by atoms with Gasteiger partial charge < -0.3 is 10.4 Å². The van der Waals surface area contributed by atoms with Gasteiger partial charge in [0.2, 0.25) is 5.91 Å². The molecule has 1 atom stereocenters. The number of carboxylic acid groups (broad SMARTS) is 1. The zero-order chi connectivity index (χ0) is 13.4. The molecule has 0 aliphatic rings. The first-order valence-corrected chi connectivity index (χ1v) is 6.90. The highest BCUT2D eigenvalue weighted by Crippen LogP contribution is 2.21. The molecular weight excluding hydrogens is 246 g/mol. The van der Waals surface area contributed by atoms with Crippen molar-refractivity contribution in [2.24, 2.45) is 0 Å². The van der Waals surface area contributed by atoms with E-state index in [4.69, 9.17) is 5.11 Å². The zero-order valence-electron chi connectivity index (χ0n) is 10.4. The number of rotatable bonds is 5. The van der Waals surface area contributed by atoms with Crippen LogP contribution >= 0.6 is 24.4 Å². The SMILES string of the molecule is CC.CSC(C)(C)C(=O)NC(CS)C(=O)O. The van der Waals surface area contributed by atoms with E-state index in [0.29, 0.717) is 0 Å². The van der Waals surface area contributed by atoms with E-state index < -0.39 is 16.8 Å². The molecule has 16 heavy (non-hydrogen) atoms. The van der Waals surface area contributed by atoms with Crippen molar-refractivity contribution < 1.29 is 14.7 Å². The monoisotopic (exact) mass is 267 g/mol. The summed E-state index contributed by atoms with van der Waals surface area (Å²) >= 11 is 5.22. The molecule has 0 fully saturated rings. The topological polar surface area (TPSA) is 66.4 Å². The molecule has 4 nitrogen and oxygen atoms in total. The highest BCUT2D eigenvalue weighted by molar-refractivity contribution is 8.00. The van der Waals surface area contributed by atoms with E-state index in [1.807, 2.05) is 13.8 Å². The maximum absolute atomic E-state index is 11.5. The van der Waals surface area contributed by atoms with Gasteiger partial charge >= 0.3 is 5.97 Å². The maximum atomic E-state index is 11.5. The largest absolute Gasteiger partial charge is 0.480 e. The first kappa shape index (κ1) is 18.0. The van der Waals surface area contributed by atoms with Crippen LogP contribution in [0.15, 0.2) is 0 Å². The van der Waals surface area contributed by atoms with E-state index in [0.717, 1.165) is 0 Å². The van der Waals surface area contributed by atoms with Crippen LogP contribution in [0.5, 0.6) is 0 Å². The lowest BCUT2D eigenvalue weighted by atomic mass is 10.2. The van der Waals surface area contributed by atoms with E-state index in [1.165, 1.54) is 11.8 Å². The molecule has 0 aromatic rings. The summed E-state index contributed by atoms with van der Waals surface area (Å²) in [7, 11) is 0. The number of thiol groups is 1. The molecule has 0 radical (unpaired) electrons. The van der Waals surface area contributed by atoms with Gasteiger partial charge in [-0.25, -0.2) is 4.79 Å². The Morgan fingerprint density at radius 2 is 1.88 bits per heavy atom. The van der Waals surface area contributed by atoms with Crippen molar-refractivity contribution in [2.75, 3.05) is 12.0 Å². The summed E-state index contributed by atoms with van der Waals surface area (Å²) in [6.07, 6.45) is 1.80. The number of nitrogens with one attached hydrogen (secondary N) is 1. The van der Waals surface area contributed by atoms with E-state index in [9.17, 15) is 9.59 Å². The molecule has 0 aromatic carbocycles. The predicted molar refractivity (Wildman–Crippen MR) is 72.4 cm³/mol. The van der Waals surface area contributed by atoms with Crippen LogP contribution in [0, 0.1) is 0 Å². The van der Waals surface area contributed by atoms with E-state index in [-0.39, 0.29) is 11.7 Å². The van der Waals surface area contributed by atoms with E-state index in [2.05, 4.69) is 17.9 Å². The molecule has 0 bridgehead atoms. The van der Waals surface area contributed by atoms with Crippen molar-refractivity contribution in [3.05, 3.63) is 0 Å². The van der Waals surface area contributed by atoms with Gasteiger partial charge in [0, 0.05) is 5.75 Å². The molecule has 2 N–H and O–H groups in total. The van der Waals surface area contributed by atoms with Crippen LogP contribution in [0.25, 0.3) is 0 Å². The van der Waals surface area contributed by atoms with Crippen molar-refractivity contribution in [2.45, 2.75) is 38.5 Å². The van der Waals surface area contributed by atoms with Crippen LogP contribution in [0.1, 0.15) is 27.7 Å². The van der Waals surface area contributed by atoms with Crippen LogP contribution in [-0.2, 0) is 9.59 Å². The van der Waals surface area contributed by atoms with Crippen molar-refractivity contribution in [3.63, 3.8) is 0 Å². The van der Waals surface area contributed by atoms with Crippen LogP contribution < -0.4 is 5.32 Å². The number of carboxylic acids is 1. The summed E-state index contributed by atoms with van der Waals surface area (Å²) in [5.41, 5.74) is 0. The lowest BCUT2D eigenvalue weighted by Crippen LogP contribution is -2.49. The third-order valence-electron chi connectivity index (χ3n) is 1.84. The number of hydrogen-bond donors (Lipinski definition) is 3. The van der Waals surface area contributed by atoms with Gasteiger partial charge in [0.15, 0.2) is 0 Å². The molecule has 6 heteroatoms. The lowest BCUT2D eigenvalue weighted by Gasteiger charge is -2.23. The summed E-state index contributed by atoms with van der Waals surface area (Å²) in [4.78, 5) is 22.2. The molecular formula is C10H21NO3S2. The molecule has 0 aromatic heterocycles. The Balaban J connectivity index is 0. The molecule has 0 heterocycles. The van der Waals surface area contributed by atoms with E-state index >= 15 is 0 Å². The van der Waals surface area contributed by atoms with Crippen molar-refractivity contribution in [3.8, 4) is 0 Å². The minimum Gasteiger partial charge on any atom is -0.480 e. The predicted octanol–water partition coefficient (Wildman–Crippen LogP) is 1.65. The van der Waals surface area contributed by atoms with Crippen molar-refractivity contribution >= 4 is 36.3 Å². The zero-order valence-corrected chi connectivity index (χ0v) is 12.1. The lowest BCUT2D eigenvalue weighted by molar-refractivity contribution is -0.141. The van der Waals surface area contributed by atoms with E-state index in [1.54, 1.807) is 20.1 Å². The molecule has 96 valence electrons. The Morgan fingerprint density at radius 1 is 1.44 bits per heavy atom. The third-order valence-corrected chi connectivity index (χ3v) is 3.41. The molecule has 0 saturated heterocycles. The van der Waals surface area contributed by atoms with Gasteiger partial charge in [0.1, 0.15) is 6.04 Å². The normalized spacial score (nSPS) is 12.1. The van der Waals surface area contributed by atoms with Gasteiger partial charge in [-0.2, -0.15) is 12.6 Å². The molecule has 1 unspecified atom stereocenters. The third kappa shape index (κ3) is 6.27. The Hall–Kier alpha value is -0.360. The summed E-state index contributed by atoms with van der Waals surface area (Å²) in [6, 6.07) is -0.919. The number of carbonyl (C=O) groups excluding carboxylic acids is 1. The minimum atomic E-state index is -1.06. The molecule has 0 spiro atoms. The first-order valence-electron chi connectivity index (χ1n) is 5.05. The average molecular weight is 267 g/mol. The van der Waals surface area contributed by atoms with Crippen molar-refractivity contribution in [1.29, 1.82) is 0 Å². The highest BCUT2D eigenvalue weighted by atomic mass is 32.2. The number of aliphatic carboxylic acids is 1. The molecule has 0 saturated carbocycles. The minimum absolute atomic E-state index is 0.0888. The quantitative estimate of drug-likeness (QED) is 0.663. The van der Waals surface area contributed by atoms with Gasteiger partial charge in [-0.3, -0.25) is 4.79 Å². The Labute approximate surface area is 107 Å². The second kappa shape index (κ2) is 8.75. The molecule has 0 rings (SSSR count). The summed E-state index contributed by atoms with van der Waals surface area (Å²) in [6.45, 7) is 7.48. The Bertz CT molecular complexity index is 232. The number of amides is 1. The molecule has 0 aliphatic carbocycles. The second-order valence-corrected chi connectivity index (χ2v) is 5.06. The summed E-state index contributed by atoms with van der Waals surface area (Å²) in [5.74, 6) is -1.26. The van der Waals surface area contributed by atoms with Gasteiger partial charge in [-0.05, 0) is 20.1 Å².